The van der Waals surface area contributed by atoms with Gasteiger partial charge in [-0.2, -0.15) is 0 Å². The highest BCUT2D eigenvalue weighted by Crippen LogP contribution is 2.28. The van der Waals surface area contributed by atoms with Crippen molar-refractivity contribution < 1.29 is 23.9 Å². The third-order valence-corrected chi connectivity index (χ3v) is 6.69. The number of piperidine rings is 1. The number of carbonyl (C=O) groups is 3. The van der Waals surface area contributed by atoms with Gasteiger partial charge in [0.15, 0.2) is 11.5 Å². The largest absolute Gasteiger partial charge is 0.493 e. The summed E-state index contributed by atoms with van der Waals surface area (Å²) in [6, 6.07) is 4.77. The van der Waals surface area contributed by atoms with Crippen LogP contribution in [-0.4, -0.2) is 62.0 Å². The number of hydrogen-bond acceptors (Lipinski definition) is 5. The summed E-state index contributed by atoms with van der Waals surface area (Å²) < 4.78 is 10.6. The quantitative estimate of drug-likeness (QED) is 0.622. The second-order valence-electron chi connectivity index (χ2n) is 9.09. The zero-order valence-electron chi connectivity index (χ0n) is 20.0. The van der Waals surface area contributed by atoms with Crippen LogP contribution in [-0.2, 0) is 20.8 Å². The van der Waals surface area contributed by atoms with Gasteiger partial charge in [0.05, 0.1) is 14.2 Å². The summed E-state index contributed by atoms with van der Waals surface area (Å²) in [5.74, 6) is 1.17. The minimum absolute atomic E-state index is 0.00503. The summed E-state index contributed by atoms with van der Waals surface area (Å²) in [6.07, 6.45) is 7.33. The fourth-order valence-corrected chi connectivity index (χ4v) is 4.85. The van der Waals surface area contributed by atoms with Gasteiger partial charge in [-0.05, 0) is 43.4 Å². The molecule has 0 radical (unpaired) electrons. The Bertz CT molecular complexity index is 829. The lowest BCUT2D eigenvalue weighted by molar-refractivity contribution is -0.138. The van der Waals surface area contributed by atoms with Crippen molar-refractivity contribution in [3.63, 3.8) is 0 Å². The molecule has 0 spiro atoms. The van der Waals surface area contributed by atoms with Gasteiger partial charge in [0.2, 0.25) is 17.7 Å². The van der Waals surface area contributed by atoms with Gasteiger partial charge in [0, 0.05) is 38.4 Å². The van der Waals surface area contributed by atoms with Crippen molar-refractivity contribution in [3.05, 3.63) is 23.8 Å². The molecule has 1 saturated heterocycles. The fourth-order valence-electron chi connectivity index (χ4n) is 4.85. The minimum atomic E-state index is -0.692. The van der Waals surface area contributed by atoms with E-state index in [1.807, 2.05) is 17.0 Å². The van der Waals surface area contributed by atoms with E-state index in [4.69, 9.17) is 9.47 Å². The lowest BCUT2D eigenvalue weighted by Gasteiger charge is -2.36. The molecule has 1 atom stereocenters. The Hall–Kier alpha value is -2.77. The Morgan fingerprint density at radius 1 is 1.00 bits per heavy atom. The van der Waals surface area contributed by atoms with Gasteiger partial charge in [0.25, 0.3) is 0 Å². The van der Waals surface area contributed by atoms with Gasteiger partial charge in [0.1, 0.15) is 6.04 Å². The molecule has 1 heterocycles. The Morgan fingerprint density at radius 3 is 2.27 bits per heavy atom. The Labute approximate surface area is 196 Å². The van der Waals surface area contributed by atoms with Crippen molar-refractivity contribution >= 4 is 17.7 Å². The molecule has 0 unspecified atom stereocenters. The van der Waals surface area contributed by atoms with Gasteiger partial charge < -0.3 is 25.0 Å². The third kappa shape index (κ3) is 6.85. The minimum Gasteiger partial charge on any atom is -0.493 e. The van der Waals surface area contributed by atoms with E-state index in [1.54, 1.807) is 20.3 Å². The molecule has 1 aromatic rings. The summed E-state index contributed by atoms with van der Waals surface area (Å²) >= 11 is 0. The van der Waals surface area contributed by atoms with Crippen molar-refractivity contribution in [2.45, 2.75) is 70.4 Å². The fraction of sp³-hybridized carbons (Fsp3) is 0.640. The van der Waals surface area contributed by atoms with Crippen LogP contribution in [0.1, 0.15) is 57.4 Å². The molecule has 8 heteroatoms. The van der Waals surface area contributed by atoms with Crippen LogP contribution in [0.5, 0.6) is 11.5 Å². The van der Waals surface area contributed by atoms with Crippen molar-refractivity contribution in [3.8, 4) is 11.5 Å². The van der Waals surface area contributed by atoms with Gasteiger partial charge in [-0.3, -0.25) is 14.4 Å². The molecule has 8 nitrogen and oxygen atoms in total. The topological polar surface area (TPSA) is 97.0 Å². The van der Waals surface area contributed by atoms with E-state index in [-0.39, 0.29) is 29.7 Å². The highest BCUT2D eigenvalue weighted by Gasteiger charge is 2.30. The lowest BCUT2D eigenvalue weighted by atomic mass is 9.87. The number of nitrogens with one attached hydrogen (secondary N) is 2. The van der Waals surface area contributed by atoms with Crippen molar-refractivity contribution in [1.29, 1.82) is 0 Å². The second kappa shape index (κ2) is 11.9. The van der Waals surface area contributed by atoms with E-state index in [1.165, 1.54) is 13.3 Å². The van der Waals surface area contributed by atoms with E-state index in [0.29, 0.717) is 31.0 Å². The Morgan fingerprint density at radius 2 is 1.67 bits per heavy atom. The normalized spacial score (nSPS) is 18.3. The van der Waals surface area contributed by atoms with Crippen molar-refractivity contribution in [2.75, 3.05) is 27.3 Å². The molecule has 33 heavy (non-hydrogen) atoms. The molecular formula is C25H37N3O5. The molecule has 0 bridgehead atoms. The average molecular weight is 460 g/mol. The molecule has 1 aliphatic heterocycles. The van der Waals surface area contributed by atoms with Crippen LogP contribution in [0.2, 0.25) is 0 Å². The first-order valence-electron chi connectivity index (χ1n) is 12.0. The summed E-state index contributed by atoms with van der Waals surface area (Å²) in [5.41, 5.74) is 0.856. The number of ether oxygens (including phenoxy) is 2. The number of rotatable bonds is 8. The first kappa shape index (κ1) is 24.9. The molecule has 0 aromatic heterocycles. The molecule has 2 N–H and O–H groups in total. The van der Waals surface area contributed by atoms with Crippen LogP contribution >= 0.6 is 0 Å². The monoisotopic (exact) mass is 459 g/mol. The van der Waals surface area contributed by atoms with Crippen LogP contribution < -0.4 is 20.1 Å². The summed E-state index contributed by atoms with van der Waals surface area (Å²) in [4.78, 5) is 39.5. The zero-order chi connectivity index (χ0) is 23.8. The van der Waals surface area contributed by atoms with E-state index in [2.05, 4.69) is 10.6 Å². The molecule has 2 fully saturated rings. The molecule has 3 amide bonds. The summed E-state index contributed by atoms with van der Waals surface area (Å²) in [7, 11) is 3.13. The predicted octanol–water partition coefficient (Wildman–Crippen LogP) is 2.44. The van der Waals surface area contributed by atoms with E-state index in [9.17, 15) is 14.4 Å². The Balaban J connectivity index is 1.56. The maximum Gasteiger partial charge on any atom is 0.243 e. The molecule has 1 aliphatic carbocycles. The predicted molar refractivity (Wildman–Crippen MR) is 125 cm³/mol. The molecule has 1 aromatic carbocycles. The lowest BCUT2D eigenvalue weighted by Crippen LogP contribution is -2.53. The van der Waals surface area contributed by atoms with Crippen LogP contribution in [0, 0.1) is 5.92 Å². The van der Waals surface area contributed by atoms with Gasteiger partial charge in [-0.15, -0.1) is 0 Å². The molecule has 182 valence electrons. The number of hydrogen-bond donors (Lipinski definition) is 2. The standard InChI is InChI=1S/C25H37N3O5/c1-17(29)26-21(15-18-9-10-22(32-2)23(16-18)33-3)24(30)27-20-11-13-28(14-12-20)25(31)19-7-5-4-6-8-19/h9-10,16,19-21H,4-8,11-15H2,1-3H3,(H,26,29)(H,27,30)/t21-/m0/s1. The highest BCUT2D eigenvalue weighted by molar-refractivity contribution is 5.87. The van der Waals surface area contributed by atoms with Crippen molar-refractivity contribution in [1.82, 2.24) is 15.5 Å². The number of methoxy groups -OCH3 is 2. The van der Waals surface area contributed by atoms with E-state index >= 15 is 0 Å². The van der Waals surface area contributed by atoms with Crippen molar-refractivity contribution in [2.24, 2.45) is 5.92 Å². The first-order valence-corrected chi connectivity index (χ1v) is 12.0. The van der Waals surface area contributed by atoms with Crippen LogP contribution in [0.25, 0.3) is 0 Å². The van der Waals surface area contributed by atoms with Gasteiger partial charge >= 0.3 is 0 Å². The highest BCUT2D eigenvalue weighted by atomic mass is 16.5. The number of benzene rings is 1. The van der Waals surface area contributed by atoms with E-state index in [0.717, 1.165) is 44.1 Å². The number of carbonyl (C=O) groups excluding carboxylic acids is 3. The maximum absolute atomic E-state index is 13.0. The smallest absolute Gasteiger partial charge is 0.243 e. The van der Waals surface area contributed by atoms with E-state index < -0.39 is 6.04 Å². The number of likely N-dealkylation sites (tertiary alicyclic amines) is 1. The molecule has 1 saturated carbocycles. The maximum atomic E-state index is 13.0. The average Bonchev–Trinajstić information content (AvgIpc) is 2.83. The first-order chi connectivity index (χ1) is 15.9. The molecule has 3 rings (SSSR count). The van der Waals surface area contributed by atoms with Crippen LogP contribution in [0.3, 0.4) is 0 Å². The number of amides is 3. The Kier molecular flexibility index (Phi) is 8.97. The van der Waals surface area contributed by atoms with Gasteiger partial charge in [-0.25, -0.2) is 0 Å². The van der Waals surface area contributed by atoms with Crippen LogP contribution in [0.15, 0.2) is 18.2 Å². The third-order valence-electron chi connectivity index (χ3n) is 6.69. The number of nitrogens with zero attached hydrogens (tertiary/aromatic N) is 1. The molecular weight excluding hydrogens is 422 g/mol. The zero-order valence-corrected chi connectivity index (χ0v) is 20.0. The SMILES string of the molecule is COc1ccc(C[C@H](NC(C)=O)C(=O)NC2CCN(C(=O)C3CCCCC3)CC2)cc1OC. The summed E-state index contributed by atoms with van der Waals surface area (Å²) in [6.45, 7) is 2.74. The summed E-state index contributed by atoms with van der Waals surface area (Å²) in [5, 5.41) is 5.85. The second-order valence-corrected chi connectivity index (χ2v) is 9.09. The van der Waals surface area contributed by atoms with Gasteiger partial charge in [-0.1, -0.05) is 25.3 Å². The van der Waals surface area contributed by atoms with Crippen LogP contribution in [0.4, 0.5) is 0 Å². The molecule has 2 aliphatic rings.